The average molecular weight is 386 g/mol. The highest BCUT2D eigenvalue weighted by molar-refractivity contribution is 6.06. The molecule has 3 aromatic rings. The van der Waals surface area contributed by atoms with Gasteiger partial charge in [0.05, 0.1) is 5.56 Å². The van der Waals surface area contributed by atoms with Crippen LogP contribution >= 0.6 is 0 Å². The fourth-order valence-electron chi connectivity index (χ4n) is 3.22. The number of nitrogens with one attached hydrogen (secondary N) is 1. The van der Waals surface area contributed by atoms with Crippen molar-refractivity contribution in [2.45, 2.75) is 31.6 Å². The Labute approximate surface area is 158 Å². The third-order valence-electron chi connectivity index (χ3n) is 4.89. The molecule has 1 heterocycles. The van der Waals surface area contributed by atoms with Gasteiger partial charge in [-0.25, -0.2) is 0 Å². The molecule has 0 atom stereocenters. The van der Waals surface area contributed by atoms with Crippen molar-refractivity contribution in [2.24, 2.45) is 0 Å². The lowest BCUT2D eigenvalue weighted by Crippen LogP contribution is -2.24. The van der Waals surface area contributed by atoms with Crippen LogP contribution in [0.3, 0.4) is 0 Å². The van der Waals surface area contributed by atoms with Crippen molar-refractivity contribution in [2.75, 3.05) is 0 Å². The Balaban J connectivity index is 1.54. The van der Waals surface area contributed by atoms with Crippen LogP contribution in [0.5, 0.6) is 0 Å². The summed E-state index contributed by atoms with van der Waals surface area (Å²) in [6.45, 7) is 0.0898. The summed E-state index contributed by atoms with van der Waals surface area (Å²) in [6.07, 6.45) is -0.704. The Morgan fingerprint density at radius 3 is 2.39 bits per heavy atom. The standard InChI is InChI=1S/C21H17F3N2O2/c22-21(23,24)14-6-4-13(5-7-14)12-25-19(27)17-2-1-3-18-16(17)10-11-26(20(18)28)15-8-9-15/h1-7,10-11,15H,8-9,12H2,(H,25,27). The number of alkyl halides is 3. The van der Waals surface area contributed by atoms with Gasteiger partial charge in [0.1, 0.15) is 0 Å². The summed E-state index contributed by atoms with van der Waals surface area (Å²) >= 11 is 0. The Bertz CT molecular complexity index is 1100. The first-order chi connectivity index (χ1) is 13.3. The largest absolute Gasteiger partial charge is 0.416 e. The van der Waals surface area contributed by atoms with Gasteiger partial charge in [0.25, 0.3) is 11.5 Å². The maximum Gasteiger partial charge on any atom is 0.416 e. The highest BCUT2D eigenvalue weighted by Gasteiger charge is 2.30. The molecule has 1 saturated carbocycles. The molecular formula is C21H17F3N2O2. The topological polar surface area (TPSA) is 51.1 Å². The summed E-state index contributed by atoms with van der Waals surface area (Å²) in [7, 11) is 0. The van der Waals surface area contributed by atoms with Gasteiger partial charge >= 0.3 is 6.18 Å². The van der Waals surface area contributed by atoms with Gasteiger partial charge in [-0.2, -0.15) is 13.2 Å². The van der Waals surface area contributed by atoms with Crippen LogP contribution in [-0.2, 0) is 12.7 Å². The highest BCUT2D eigenvalue weighted by Crippen LogP contribution is 2.34. The molecule has 1 N–H and O–H groups in total. The van der Waals surface area contributed by atoms with Gasteiger partial charge < -0.3 is 9.88 Å². The van der Waals surface area contributed by atoms with Gasteiger partial charge in [-0.3, -0.25) is 9.59 Å². The number of fused-ring (bicyclic) bond motifs is 1. The van der Waals surface area contributed by atoms with E-state index in [1.807, 2.05) is 0 Å². The van der Waals surface area contributed by atoms with Crippen LogP contribution in [0.1, 0.15) is 40.4 Å². The molecule has 4 nitrogen and oxygen atoms in total. The molecule has 2 aromatic carbocycles. The zero-order chi connectivity index (χ0) is 19.9. The first-order valence-corrected chi connectivity index (χ1v) is 8.93. The van der Waals surface area contributed by atoms with E-state index in [9.17, 15) is 22.8 Å². The zero-order valence-corrected chi connectivity index (χ0v) is 14.8. The summed E-state index contributed by atoms with van der Waals surface area (Å²) in [5.74, 6) is -0.380. The molecule has 1 fully saturated rings. The molecule has 0 unspecified atom stereocenters. The minimum atomic E-state index is -4.39. The molecule has 144 valence electrons. The summed E-state index contributed by atoms with van der Waals surface area (Å²) in [5.41, 5.74) is 0.0723. The minimum absolute atomic E-state index is 0.0898. The molecule has 4 rings (SSSR count). The van der Waals surface area contributed by atoms with Gasteiger partial charge in [0, 0.05) is 35.1 Å². The van der Waals surface area contributed by atoms with Crippen LogP contribution in [0.15, 0.2) is 59.5 Å². The first-order valence-electron chi connectivity index (χ1n) is 8.93. The monoisotopic (exact) mass is 386 g/mol. The highest BCUT2D eigenvalue weighted by atomic mass is 19.4. The van der Waals surface area contributed by atoms with Gasteiger partial charge in [-0.05, 0) is 48.7 Å². The van der Waals surface area contributed by atoms with Crippen LogP contribution in [0.25, 0.3) is 10.8 Å². The quantitative estimate of drug-likeness (QED) is 0.728. The number of carbonyl (C=O) groups is 1. The van der Waals surface area contributed by atoms with Crippen LogP contribution in [0.4, 0.5) is 13.2 Å². The van der Waals surface area contributed by atoms with Gasteiger partial charge in [0.2, 0.25) is 0 Å². The van der Waals surface area contributed by atoms with Crippen molar-refractivity contribution in [3.05, 3.63) is 81.8 Å². The maximum atomic E-state index is 12.6. The zero-order valence-electron chi connectivity index (χ0n) is 14.8. The predicted octanol–water partition coefficient (Wildman–Crippen LogP) is 4.29. The second kappa shape index (κ2) is 6.82. The molecule has 1 aliphatic rings. The van der Waals surface area contributed by atoms with Gasteiger partial charge in [-0.15, -0.1) is 0 Å². The van der Waals surface area contributed by atoms with E-state index in [4.69, 9.17) is 0 Å². The van der Waals surface area contributed by atoms with Crippen molar-refractivity contribution in [3.8, 4) is 0 Å². The Morgan fingerprint density at radius 1 is 1.04 bits per heavy atom. The lowest BCUT2D eigenvalue weighted by Gasteiger charge is -2.11. The molecular weight excluding hydrogens is 369 g/mol. The maximum absolute atomic E-state index is 12.6. The second-order valence-corrected chi connectivity index (χ2v) is 6.90. The van der Waals surface area contributed by atoms with Crippen molar-refractivity contribution in [1.29, 1.82) is 0 Å². The summed E-state index contributed by atoms with van der Waals surface area (Å²) in [5, 5.41) is 3.75. The average Bonchev–Trinajstić information content (AvgIpc) is 3.51. The van der Waals surface area contributed by atoms with E-state index in [-0.39, 0.29) is 24.1 Å². The SMILES string of the molecule is O=C(NCc1ccc(C(F)(F)F)cc1)c1cccc2c(=O)n(C3CC3)ccc12. The molecule has 1 amide bonds. The van der Waals surface area contributed by atoms with E-state index in [1.54, 1.807) is 35.0 Å². The number of aromatic nitrogens is 1. The van der Waals surface area contributed by atoms with Crippen LogP contribution in [-0.4, -0.2) is 10.5 Å². The predicted molar refractivity (Wildman–Crippen MR) is 99.1 cm³/mol. The number of benzene rings is 2. The molecule has 7 heteroatoms. The third kappa shape index (κ3) is 3.52. The number of amides is 1. The number of halogens is 3. The number of hydrogen-bond acceptors (Lipinski definition) is 2. The van der Waals surface area contributed by atoms with E-state index < -0.39 is 11.7 Å². The molecule has 1 aromatic heterocycles. The molecule has 0 radical (unpaired) electrons. The lowest BCUT2D eigenvalue weighted by atomic mass is 10.1. The van der Waals surface area contributed by atoms with E-state index in [0.717, 1.165) is 25.0 Å². The number of carbonyl (C=O) groups excluding carboxylic acids is 1. The van der Waals surface area contributed by atoms with E-state index in [2.05, 4.69) is 5.32 Å². The van der Waals surface area contributed by atoms with Gasteiger partial charge in [0.15, 0.2) is 0 Å². The normalized spacial score (nSPS) is 14.2. The molecule has 28 heavy (non-hydrogen) atoms. The van der Waals surface area contributed by atoms with Crippen molar-refractivity contribution >= 4 is 16.7 Å². The third-order valence-corrected chi connectivity index (χ3v) is 4.89. The Hall–Kier alpha value is -3.09. The van der Waals surface area contributed by atoms with E-state index in [1.165, 1.54) is 12.1 Å². The number of pyridine rings is 1. The van der Waals surface area contributed by atoms with Gasteiger partial charge in [-0.1, -0.05) is 18.2 Å². The molecule has 0 saturated heterocycles. The lowest BCUT2D eigenvalue weighted by molar-refractivity contribution is -0.137. The van der Waals surface area contributed by atoms with Crippen LogP contribution in [0.2, 0.25) is 0 Å². The molecule has 1 aliphatic carbocycles. The first kappa shape index (κ1) is 18.3. The molecule has 0 aliphatic heterocycles. The van der Waals surface area contributed by atoms with Crippen molar-refractivity contribution in [3.63, 3.8) is 0 Å². The fourth-order valence-corrected chi connectivity index (χ4v) is 3.22. The minimum Gasteiger partial charge on any atom is -0.348 e. The molecule has 0 spiro atoms. The number of hydrogen-bond donors (Lipinski definition) is 1. The van der Waals surface area contributed by atoms with E-state index >= 15 is 0 Å². The second-order valence-electron chi connectivity index (χ2n) is 6.90. The van der Waals surface area contributed by atoms with Crippen LogP contribution < -0.4 is 10.9 Å². The Morgan fingerprint density at radius 2 is 1.75 bits per heavy atom. The van der Waals surface area contributed by atoms with Crippen molar-refractivity contribution < 1.29 is 18.0 Å². The number of nitrogens with zero attached hydrogens (tertiary/aromatic N) is 1. The van der Waals surface area contributed by atoms with E-state index in [0.29, 0.717) is 21.9 Å². The smallest absolute Gasteiger partial charge is 0.348 e. The summed E-state index contributed by atoms with van der Waals surface area (Å²) in [4.78, 5) is 25.2. The number of rotatable bonds is 4. The summed E-state index contributed by atoms with van der Waals surface area (Å²) < 4.78 is 39.6. The van der Waals surface area contributed by atoms with Crippen molar-refractivity contribution in [1.82, 2.24) is 9.88 Å². The Kier molecular flexibility index (Phi) is 4.45. The fraction of sp³-hybridized carbons (Fsp3) is 0.238. The summed E-state index contributed by atoms with van der Waals surface area (Å²) in [6, 6.07) is 11.6. The molecule has 0 bridgehead atoms. The van der Waals surface area contributed by atoms with Crippen LogP contribution in [0, 0.1) is 0 Å².